The van der Waals surface area contributed by atoms with Crippen molar-refractivity contribution >= 4 is 21.5 Å². The van der Waals surface area contributed by atoms with Crippen LogP contribution < -0.4 is 24.8 Å². The summed E-state index contributed by atoms with van der Waals surface area (Å²) in [7, 11) is 0. The van der Waals surface area contributed by atoms with Gasteiger partial charge in [-0.25, -0.2) is 12.1 Å². The van der Waals surface area contributed by atoms with Crippen molar-refractivity contribution < 1.29 is 51.0 Å². The molecule has 6 rings (SSSR count). The molecule has 0 radical (unpaired) electrons. The van der Waals surface area contributed by atoms with E-state index in [1.165, 1.54) is 32.7 Å². The van der Waals surface area contributed by atoms with Crippen LogP contribution in [-0.2, 0) is 26.2 Å². The zero-order chi connectivity index (χ0) is 21.1. The van der Waals surface area contributed by atoms with Gasteiger partial charge in [-0.15, -0.1) is 81.6 Å². The van der Waals surface area contributed by atoms with Crippen LogP contribution >= 0.6 is 0 Å². The van der Waals surface area contributed by atoms with E-state index in [2.05, 4.69) is 110 Å². The molecule has 0 unspecified atom stereocenters. The van der Waals surface area contributed by atoms with Gasteiger partial charge in [-0.05, 0) is 0 Å². The fourth-order valence-electron chi connectivity index (χ4n) is 3.52. The summed E-state index contributed by atoms with van der Waals surface area (Å²) in [6, 6.07) is 50.0. The summed E-state index contributed by atoms with van der Waals surface area (Å²) in [5.74, 6) is 0. The first-order valence-corrected chi connectivity index (χ1v) is 10.5. The summed E-state index contributed by atoms with van der Waals surface area (Å²) in [5.41, 5.74) is 2.49. The summed E-state index contributed by atoms with van der Waals surface area (Å²) in [6.07, 6.45) is 2.17. The molecule has 0 aliphatic carbocycles. The van der Waals surface area contributed by atoms with E-state index in [1.54, 1.807) is 0 Å². The van der Waals surface area contributed by atoms with Gasteiger partial charge in [0.05, 0.1) is 0 Å². The molecule has 0 saturated heterocycles. The van der Waals surface area contributed by atoms with E-state index in [9.17, 15) is 0 Å². The number of hydrogen-bond donors (Lipinski definition) is 0. The van der Waals surface area contributed by atoms with Gasteiger partial charge < -0.3 is 24.8 Å². The van der Waals surface area contributed by atoms with Crippen LogP contribution in [0.25, 0.3) is 21.5 Å². The summed E-state index contributed by atoms with van der Waals surface area (Å²) < 4.78 is 0. The van der Waals surface area contributed by atoms with E-state index in [4.69, 9.17) is 0 Å². The second kappa shape index (κ2) is 16.1. The Balaban J connectivity index is 0.000000264. The second-order valence-corrected chi connectivity index (χ2v) is 7.25. The molecule has 6 aromatic rings. The molecule has 0 aromatic heterocycles. The Morgan fingerprint density at radius 1 is 0.441 bits per heavy atom. The van der Waals surface area contributed by atoms with Gasteiger partial charge >= 0.3 is 26.2 Å². The van der Waals surface area contributed by atoms with E-state index >= 15 is 0 Å². The van der Waals surface area contributed by atoms with Crippen LogP contribution in [0.15, 0.2) is 146 Å². The molecule has 0 spiro atoms. The third kappa shape index (κ3) is 8.66. The predicted molar refractivity (Wildman–Crippen MR) is 134 cm³/mol. The Hall–Kier alpha value is -2.57. The van der Waals surface area contributed by atoms with Crippen molar-refractivity contribution in [1.82, 2.24) is 0 Å². The number of benzene rings is 4. The van der Waals surface area contributed by atoms with Crippen molar-refractivity contribution in [3.8, 4) is 0 Å². The average Bonchev–Trinajstić information content (AvgIpc) is 3.53. The minimum absolute atomic E-state index is 0. The standard InChI is InChI=1S/C13H9.C13H11.C5H5.2ClH.Zr/c1-3-7-12-10(5-1)9-11-6-2-4-8-13(11)12;1-3-7-12(8-4-1)11-13-9-5-2-6-10-13;1-2-4-5-3-1;;;/h1-9H;1-11H;1-5H;2*1H;/q3*-1;;;+2/p-2. The first-order chi connectivity index (χ1) is 15.4. The Bertz CT molecular complexity index is 1190. The van der Waals surface area contributed by atoms with Gasteiger partial charge in [0.15, 0.2) is 0 Å². The minimum atomic E-state index is 0. The second-order valence-electron chi connectivity index (χ2n) is 7.25. The number of halogens is 2. The van der Waals surface area contributed by atoms with E-state index in [1.807, 2.05) is 42.5 Å². The third-order valence-electron chi connectivity index (χ3n) is 5.01. The maximum absolute atomic E-state index is 2.24. The zero-order valence-electron chi connectivity index (χ0n) is 18.7. The summed E-state index contributed by atoms with van der Waals surface area (Å²) >= 11 is 0. The fraction of sp³-hybridized carbons (Fsp3) is 0. The number of fused-ring (bicyclic) bond motifs is 3. The molecule has 0 N–H and O–H groups in total. The van der Waals surface area contributed by atoms with Crippen molar-refractivity contribution in [3.63, 3.8) is 0 Å². The first-order valence-electron chi connectivity index (χ1n) is 10.5. The molecule has 0 fully saturated rings. The normalized spacial score (nSPS) is 9.06. The molecule has 0 aliphatic heterocycles. The van der Waals surface area contributed by atoms with E-state index in [0.29, 0.717) is 0 Å². The van der Waals surface area contributed by atoms with Gasteiger partial charge in [-0.1, -0.05) is 72.8 Å². The van der Waals surface area contributed by atoms with Crippen molar-refractivity contribution in [3.05, 3.63) is 163 Å². The van der Waals surface area contributed by atoms with Gasteiger partial charge in [0.1, 0.15) is 0 Å². The molecule has 34 heavy (non-hydrogen) atoms. The van der Waals surface area contributed by atoms with Crippen LogP contribution in [0.3, 0.4) is 0 Å². The third-order valence-corrected chi connectivity index (χ3v) is 5.01. The molecule has 0 aliphatic rings. The summed E-state index contributed by atoms with van der Waals surface area (Å²) in [5, 5.41) is 5.39. The molecule has 3 heteroatoms. The average molecular weight is 560 g/mol. The summed E-state index contributed by atoms with van der Waals surface area (Å²) in [6.45, 7) is 0. The molecular weight excluding hydrogens is 534 g/mol. The van der Waals surface area contributed by atoms with E-state index in [-0.39, 0.29) is 51.0 Å². The van der Waals surface area contributed by atoms with Crippen LogP contribution in [0.2, 0.25) is 0 Å². The topological polar surface area (TPSA) is 0 Å². The Labute approximate surface area is 234 Å². The SMILES string of the molecule is [Cl-].[Cl-].[Zr+2].c1cc[cH-]c1.c1ccc([CH-]c2ccccc2)cc1.c1ccc2c(c1)[cH-]c1ccccc12. The van der Waals surface area contributed by atoms with E-state index in [0.717, 1.165) is 0 Å². The Kier molecular flexibility index (Phi) is 14.0. The van der Waals surface area contributed by atoms with Crippen molar-refractivity contribution in [1.29, 1.82) is 0 Å². The monoisotopic (exact) mass is 557 g/mol. The number of hydrogen-bond acceptors (Lipinski definition) is 0. The van der Waals surface area contributed by atoms with E-state index < -0.39 is 0 Å². The maximum atomic E-state index is 2.24. The van der Waals surface area contributed by atoms with Crippen molar-refractivity contribution in [2.24, 2.45) is 0 Å². The van der Waals surface area contributed by atoms with Crippen LogP contribution in [0, 0.1) is 6.42 Å². The Morgan fingerprint density at radius 3 is 1.21 bits per heavy atom. The summed E-state index contributed by atoms with van der Waals surface area (Å²) in [4.78, 5) is 0. The number of rotatable bonds is 2. The smallest absolute Gasteiger partial charge is 1.00 e. The molecule has 170 valence electrons. The maximum Gasteiger partial charge on any atom is 2.00 e. The van der Waals surface area contributed by atoms with Crippen LogP contribution in [-0.4, -0.2) is 0 Å². The van der Waals surface area contributed by atoms with Crippen molar-refractivity contribution in [2.75, 3.05) is 0 Å². The molecule has 0 amide bonds. The van der Waals surface area contributed by atoms with Crippen LogP contribution in [0.5, 0.6) is 0 Å². The largest absolute Gasteiger partial charge is 2.00 e. The minimum Gasteiger partial charge on any atom is -1.00 e. The molecule has 0 saturated carbocycles. The molecule has 0 nitrogen and oxygen atoms in total. The van der Waals surface area contributed by atoms with Gasteiger partial charge in [0.25, 0.3) is 0 Å². The van der Waals surface area contributed by atoms with Crippen LogP contribution in [0.4, 0.5) is 0 Å². The molecule has 6 aromatic carbocycles. The fourth-order valence-corrected chi connectivity index (χ4v) is 3.52. The van der Waals surface area contributed by atoms with Gasteiger partial charge in [-0.3, -0.25) is 0 Å². The van der Waals surface area contributed by atoms with Gasteiger partial charge in [-0.2, -0.15) is 18.2 Å². The molecule has 0 bridgehead atoms. The zero-order valence-corrected chi connectivity index (χ0v) is 22.7. The predicted octanol–water partition coefficient (Wildman–Crippen LogP) is 2.41. The van der Waals surface area contributed by atoms with Crippen LogP contribution in [0.1, 0.15) is 11.1 Å². The van der Waals surface area contributed by atoms with Crippen molar-refractivity contribution in [2.45, 2.75) is 0 Å². The molecule has 0 heterocycles. The first kappa shape index (κ1) is 29.5. The Morgan fingerprint density at radius 2 is 0.824 bits per heavy atom. The molecular formula is C31H25Cl2Zr-3. The molecule has 0 atom stereocenters. The quantitative estimate of drug-likeness (QED) is 0.286. The van der Waals surface area contributed by atoms with Gasteiger partial charge in [0, 0.05) is 0 Å². The van der Waals surface area contributed by atoms with Gasteiger partial charge in [0.2, 0.25) is 0 Å².